The van der Waals surface area contributed by atoms with Gasteiger partial charge in [-0.3, -0.25) is 14.2 Å². The van der Waals surface area contributed by atoms with E-state index in [9.17, 15) is 9.59 Å². The van der Waals surface area contributed by atoms with E-state index in [-0.39, 0.29) is 11.5 Å². The highest BCUT2D eigenvalue weighted by molar-refractivity contribution is 5.80. The molecule has 0 bridgehead atoms. The Morgan fingerprint density at radius 3 is 2.84 bits per heavy atom. The molecule has 0 aliphatic heterocycles. The maximum absolute atomic E-state index is 12.5. The third-order valence-electron chi connectivity index (χ3n) is 4.77. The molecule has 1 heterocycles. The van der Waals surface area contributed by atoms with Crippen LogP contribution in [0.15, 0.2) is 29.3 Å². The summed E-state index contributed by atoms with van der Waals surface area (Å²) < 4.78 is 1.52. The molecule has 1 N–H and O–H groups in total. The lowest BCUT2D eigenvalue weighted by Crippen LogP contribution is -2.31. The van der Waals surface area contributed by atoms with Crippen LogP contribution in [-0.4, -0.2) is 22.0 Å². The molecule has 1 amide bonds. The zero-order chi connectivity index (χ0) is 18.2. The van der Waals surface area contributed by atoms with Gasteiger partial charge in [-0.25, -0.2) is 4.98 Å². The van der Waals surface area contributed by atoms with Gasteiger partial charge in [0.15, 0.2) is 0 Å². The van der Waals surface area contributed by atoms with Crippen LogP contribution in [0.1, 0.15) is 51.5 Å². The normalized spacial score (nSPS) is 12.3. The van der Waals surface area contributed by atoms with Crippen LogP contribution in [0.2, 0.25) is 0 Å². The van der Waals surface area contributed by atoms with E-state index >= 15 is 0 Å². The molecule has 1 aromatic heterocycles. The number of fused-ring (bicyclic) bond motifs is 1. The standard InChI is InChI=1S/C20H29N3O2/c1-4-6-9-16(5-2)13-21-18(24)11-12-23-14-22-19-15(3)8-7-10-17(19)20(23)25/h7-8,10,14,16H,4-6,9,11-13H2,1-3H3,(H,21,24). The van der Waals surface area contributed by atoms with E-state index in [1.807, 2.05) is 19.1 Å². The summed E-state index contributed by atoms with van der Waals surface area (Å²) >= 11 is 0. The Kier molecular flexibility index (Phi) is 7.16. The molecule has 0 spiro atoms. The van der Waals surface area contributed by atoms with Crippen molar-refractivity contribution in [3.63, 3.8) is 0 Å². The van der Waals surface area contributed by atoms with Gasteiger partial charge in [0.05, 0.1) is 17.2 Å². The first kappa shape index (κ1) is 19.2. The van der Waals surface area contributed by atoms with Crippen LogP contribution in [0, 0.1) is 12.8 Å². The molecule has 5 heteroatoms. The number of hydrogen-bond donors (Lipinski definition) is 1. The summed E-state index contributed by atoms with van der Waals surface area (Å²) in [6, 6.07) is 5.59. The van der Waals surface area contributed by atoms with Gasteiger partial charge in [-0.1, -0.05) is 45.2 Å². The Hall–Kier alpha value is -2.17. The summed E-state index contributed by atoms with van der Waals surface area (Å²) in [5, 5.41) is 3.61. The minimum absolute atomic E-state index is 0.00816. The molecule has 136 valence electrons. The second-order valence-corrected chi connectivity index (χ2v) is 6.68. The minimum atomic E-state index is -0.0871. The van der Waals surface area contributed by atoms with Gasteiger partial charge in [0, 0.05) is 19.5 Å². The van der Waals surface area contributed by atoms with Crippen molar-refractivity contribution in [2.75, 3.05) is 6.54 Å². The van der Waals surface area contributed by atoms with Crippen LogP contribution < -0.4 is 10.9 Å². The zero-order valence-electron chi connectivity index (χ0n) is 15.5. The molecule has 2 aromatic rings. The van der Waals surface area contributed by atoms with Gasteiger partial charge in [0.25, 0.3) is 5.56 Å². The third kappa shape index (κ3) is 5.15. The largest absolute Gasteiger partial charge is 0.356 e. The van der Waals surface area contributed by atoms with E-state index in [2.05, 4.69) is 24.1 Å². The molecular weight excluding hydrogens is 314 g/mol. The van der Waals surface area contributed by atoms with Gasteiger partial charge in [-0.2, -0.15) is 0 Å². The molecule has 2 rings (SSSR count). The summed E-state index contributed by atoms with van der Waals surface area (Å²) in [5.41, 5.74) is 1.63. The molecule has 1 atom stereocenters. The molecule has 25 heavy (non-hydrogen) atoms. The minimum Gasteiger partial charge on any atom is -0.356 e. The molecule has 1 aromatic carbocycles. The summed E-state index contributed by atoms with van der Waals surface area (Å²) in [7, 11) is 0. The van der Waals surface area contributed by atoms with E-state index in [0.29, 0.717) is 24.3 Å². The third-order valence-corrected chi connectivity index (χ3v) is 4.77. The Morgan fingerprint density at radius 1 is 1.32 bits per heavy atom. The fourth-order valence-corrected chi connectivity index (χ4v) is 3.01. The molecule has 0 aliphatic carbocycles. The smallest absolute Gasteiger partial charge is 0.261 e. The predicted molar refractivity (Wildman–Crippen MR) is 102 cm³/mol. The van der Waals surface area contributed by atoms with Crippen LogP contribution in [0.3, 0.4) is 0 Å². The number of rotatable bonds is 9. The van der Waals surface area contributed by atoms with Crippen molar-refractivity contribution >= 4 is 16.8 Å². The fourth-order valence-electron chi connectivity index (χ4n) is 3.01. The summed E-state index contributed by atoms with van der Waals surface area (Å²) in [6.45, 7) is 7.36. The Balaban J connectivity index is 1.93. The fraction of sp³-hybridized carbons (Fsp3) is 0.550. The van der Waals surface area contributed by atoms with Crippen LogP contribution in [0.4, 0.5) is 0 Å². The van der Waals surface area contributed by atoms with Crippen molar-refractivity contribution in [2.45, 2.75) is 59.4 Å². The van der Waals surface area contributed by atoms with Gasteiger partial charge in [-0.05, 0) is 30.9 Å². The molecule has 0 aliphatic rings. The average molecular weight is 343 g/mol. The number of para-hydroxylation sites is 1. The van der Waals surface area contributed by atoms with Crippen LogP contribution in [0.5, 0.6) is 0 Å². The maximum atomic E-state index is 12.5. The number of carbonyl (C=O) groups excluding carboxylic acids is 1. The first-order valence-electron chi connectivity index (χ1n) is 9.28. The van der Waals surface area contributed by atoms with Crippen molar-refractivity contribution in [3.05, 3.63) is 40.4 Å². The number of carbonyl (C=O) groups is 1. The number of unbranched alkanes of at least 4 members (excludes halogenated alkanes) is 1. The number of amides is 1. The maximum Gasteiger partial charge on any atom is 0.261 e. The molecule has 0 saturated heterocycles. The van der Waals surface area contributed by atoms with Crippen LogP contribution >= 0.6 is 0 Å². The number of nitrogens with one attached hydrogen (secondary N) is 1. The van der Waals surface area contributed by atoms with Crippen molar-refractivity contribution in [1.29, 1.82) is 0 Å². The van der Waals surface area contributed by atoms with E-state index in [4.69, 9.17) is 0 Å². The van der Waals surface area contributed by atoms with Gasteiger partial charge in [0.1, 0.15) is 0 Å². The summed E-state index contributed by atoms with van der Waals surface area (Å²) in [5.74, 6) is 0.531. The van der Waals surface area contributed by atoms with Crippen molar-refractivity contribution in [3.8, 4) is 0 Å². The lowest BCUT2D eigenvalue weighted by atomic mass is 9.99. The highest BCUT2D eigenvalue weighted by atomic mass is 16.1. The number of benzene rings is 1. The van der Waals surface area contributed by atoms with E-state index in [1.165, 1.54) is 17.4 Å². The molecule has 0 radical (unpaired) electrons. The van der Waals surface area contributed by atoms with Crippen LogP contribution in [0.25, 0.3) is 10.9 Å². The number of aromatic nitrogens is 2. The van der Waals surface area contributed by atoms with Gasteiger partial charge < -0.3 is 5.32 Å². The highest BCUT2D eigenvalue weighted by Gasteiger charge is 2.10. The Bertz CT molecular complexity index is 767. The lowest BCUT2D eigenvalue weighted by molar-refractivity contribution is -0.121. The van der Waals surface area contributed by atoms with E-state index in [0.717, 1.165) is 30.5 Å². The van der Waals surface area contributed by atoms with Crippen LogP contribution in [-0.2, 0) is 11.3 Å². The molecular formula is C20H29N3O2. The zero-order valence-corrected chi connectivity index (χ0v) is 15.5. The monoisotopic (exact) mass is 343 g/mol. The first-order valence-corrected chi connectivity index (χ1v) is 9.28. The topological polar surface area (TPSA) is 64.0 Å². The molecule has 0 saturated carbocycles. The second-order valence-electron chi connectivity index (χ2n) is 6.68. The predicted octanol–water partition coefficient (Wildman–Crippen LogP) is 3.43. The van der Waals surface area contributed by atoms with E-state index in [1.54, 1.807) is 12.4 Å². The number of hydrogen-bond acceptors (Lipinski definition) is 3. The molecule has 5 nitrogen and oxygen atoms in total. The number of aryl methyl sites for hydroxylation is 2. The molecule has 1 unspecified atom stereocenters. The van der Waals surface area contributed by atoms with Crippen molar-refractivity contribution < 1.29 is 4.79 Å². The van der Waals surface area contributed by atoms with Gasteiger partial charge in [0.2, 0.25) is 5.91 Å². The second kappa shape index (κ2) is 9.35. The SMILES string of the molecule is CCCCC(CC)CNC(=O)CCn1cnc2c(C)cccc2c1=O. The van der Waals surface area contributed by atoms with Crippen molar-refractivity contribution in [2.24, 2.45) is 5.92 Å². The molecule has 0 fully saturated rings. The highest BCUT2D eigenvalue weighted by Crippen LogP contribution is 2.12. The van der Waals surface area contributed by atoms with Crippen molar-refractivity contribution in [1.82, 2.24) is 14.9 Å². The average Bonchev–Trinajstić information content (AvgIpc) is 2.62. The number of nitrogens with zero attached hydrogens (tertiary/aromatic N) is 2. The Morgan fingerprint density at radius 2 is 2.12 bits per heavy atom. The van der Waals surface area contributed by atoms with Gasteiger partial charge >= 0.3 is 0 Å². The first-order chi connectivity index (χ1) is 12.1. The summed E-state index contributed by atoms with van der Waals surface area (Å²) in [6.07, 6.45) is 6.45. The Labute approximate surface area is 149 Å². The van der Waals surface area contributed by atoms with E-state index < -0.39 is 0 Å². The summed E-state index contributed by atoms with van der Waals surface area (Å²) in [4.78, 5) is 29.0. The van der Waals surface area contributed by atoms with Gasteiger partial charge in [-0.15, -0.1) is 0 Å². The lowest BCUT2D eigenvalue weighted by Gasteiger charge is -2.15. The quantitative estimate of drug-likeness (QED) is 0.759.